The smallest absolute Gasteiger partial charge is 0.122 e. The van der Waals surface area contributed by atoms with Crippen molar-refractivity contribution in [2.75, 3.05) is 33.3 Å². The number of likely N-dealkylation sites (tertiary alicyclic amines) is 1. The molecule has 3 nitrogen and oxygen atoms in total. The molecule has 0 amide bonds. The van der Waals surface area contributed by atoms with Gasteiger partial charge in [-0.1, -0.05) is 18.2 Å². The molecule has 2 aliphatic rings. The Hall–Kier alpha value is -1.06. The highest BCUT2D eigenvalue weighted by atomic mass is 16.5. The number of rotatable bonds is 4. The highest BCUT2D eigenvalue weighted by molar-refractivity contribution is 5.37. The topological polar surface area (TPSA) is 24.5 Å². The van der Waals surface area contributed by atoms with Crippen LogP contribution in [0.15, 0.2) is 24.3 Å². The molecule has 0 bridgehead atoms. The summed E-state index contributed by atoms with van der Waals surface area (Å²) in [5.74, 6) is 2.59. The summed E-state index contributed by atoms with van der Waals surface area (Å²) in [7, 11) is 2.08. The number of benzene rings is 1. The second kappa shape index (κ2) is 6.80. The molecule has 0 aromatic heterocycles. The summed E-state index contributed by atoms with van der Waals surface area (Å²) in [6.45, 7) is 6.87. The lowest BCUT2D eigenvalue weighted by Gasteiger charge is -2.37. The monoisotopic (exact) mass is 288 g/mol. The lowest BCUT2D eigenvalue weighted by Crippen LogP contribution is -2.42. The summed E-state index contributed by atoms with van der Waals surface area (Å²) in [5, 5.41) is 3.41. The number of hydrogen-bond acceptors (Lipinski definition) is 3. The highest BCUT2D eigenvalue weighted by Gasteiger charge is 2.27. The molecule has 0 spiro atoms. The Morgan fingerprint density at radius 1 is 1.24 bits per heavy atom. The average Bonchev–Trinajstić information content (AvgIpc) is 2.55. The van der Waals surface area contributed by atoms with Gasteiger partial charge in [-0.15, -0.1) is 0 Å². The number of hydrogen-bond donors (Lipinski definition) is 1. The van der Waals surface area contributed by atoms with Crippen molar-refractivity contribution in [3.05, 3.63) is 29.8 Å². The third-order valence-corrected chi connectivity index (χ3v) is 5.36. The van der Waals surface area contributed by atoms with Crippen LogP contribution in [0.5, 0.6) is 5.75 Å². The van der Waals surface area contributed by atoms with Gasteiger partial charge < -0.3 is 15.0 Å². The SMILES string of the molecule is CNC(C)C1CCN(CC2CCOc3ccccc32)CC1. The van der Waals surface area contributed by atoms with Crippen LogP contribution in [0.3, 0.4) is 0 Å². The maximum Gasteiger partial charge on any atom is 0.122 e. The normalized spacial score (nSPS) is 25.1. The number of para-hydroxylation sites is 1. The zero-order chi connectivity index (χ0) is 14.7. The van der Waals surface area contributed by atoms with Crippen molar-refractivity contribution < 1.29 is 4.74 Å². The summed E-state index contributed by atoms with van der Waals surface area (Å²) in [4.78, 5) is 2.66. The first kappa shape index (κ1) is 14.9. The molecule has 1 fully saturated rings. The van der Waals surface area contributed by atoms with Crippen molar-refractivity contribution in [2.24, 2.45) is 5.92 Å². The van der Waals surface area contributed by atoms with E-state index in [9.17, 15) is 0 Å². The van der Waals surface area contributed by atoms with Crippen LogP contribution in [0.2, 0.25) is 0 Å². The van der Waals surface area contributed by atoms with E-state index in [1.165, 1.54) is 38.0 Å². The van der Waals surface area contributed by atoms with Gasteiger partial charge in [0.1, 0.15) is 5.75 Å². The van der Waals surface area contributed by atoms with Gasteiger partial charge in [-0.2, -0.15) is 0 Å². The van der Waals surface area contributed by atoms with Gasteiger partial charge in [-0.25, -0.2) is 0 Å². The zero-order valence-electron chi connectivity index (χ0n) is 13.3. The number of piperidine rings is 1. The van der Waals surface area contributed by atoms with E-state index in [0.29, 0.717) is 12.0 Å². The number of nitrogens with one attached hydrogen (secondary N) is 1. The number of ether oxygens (including phenoxy) is 1. The van der Waals surface area contributed by atoms with Crippen LogP contribution in [0, 0.1) is 5.92 Å². The van der Waals surface area contributed by atoms with Crippen molar-refractivity contribution in [2.45, 2.75) is 38.1 Å². The molecule has 2 atom stereocenters. The standard InChI is InChI=1S/C18H28N2O/c1-14(19-2)15-7-10-20(11-8-15)13-16-9-12-21-18-6-4-3-5-17(16)18/h3-6,14-16,19H,7-13H2,1-2H3. The molecule has 1 aromatic carbocycles. The predicted molar refractivity (Wildman–Crippen MR) is 87.0 cm³/mol. The first-order valence-corrected chi connectivity index (χ1v) is 8.39. The molecule has 1 aromatic rings. The zero-order valence-corrected chi connectivity index (χ0v) is 13.3. The molecule has 0 aliphatic carbocycles. The highest BCUT2D eigenvalue weighted by Crippen LogP contribution is 2.34. The molecule has 21 heavy (non-hydrogen) atoms. The van der Waals surface area contributed by atoms with Crippen molar-refractivity contribution in [1.29, 1.82) is 0 Å². The van der Waals surface area contributed by atoms with Gasteiger partial charge in [-0.05, 0) is 63.9 Å². The Morgan fingerprint density at radius 3 is 2.76 bits per heavy atom. The molecule has 2 aliphatic heterocycles. The van der Waals surface area contributed by atoms with Gasteiger partial charge >= 0.3 is 0 Å². The van der Waals surface area contributed by atoms with Crippen LogP contribution in [-0.4, -0.2) is 44.2 Å². The molecular formula is C18H28N2O. The lowest BCUT2D eigenvalue weighted by atomic mass is 9.88. The van der Waals surface area contributed by atoms with E-state index in [4.69, 9.17) is 4.74 Å². The Kier molecular flexibility index (Phi) is 4.81. The first-order valence-electron chi connectivity index (χ1n) is 8.39. The molecule has 1 saturated heterocycles. The van der Waals surface area contributed by atoms with Crippen LogP contribution in [0.25, 0.3) is 0 Å². The molecule has 116 valence electrons. The molecule has 0 saturated carbocycles. The first-order chi connectivity index (χ1) is 10.3. The number of fused-ring (bicyclic) bond motifs is 1. The quantitative estimate of drug-likeness (QED) is 0.922. The third kappa shape index (κ3) is 3.41. The van der Waals surface area contributed by atoms with Crippen LogP contribution in [0.1, 0.15) is 37.7 Å². The van der Waals surface area contributed by atoms with Gasteiger partial charge in [0, 0.05) is 18.5 Å². The van der Waals surface area contributed by atoms with E-state index in [2.05, 4.69) is 48.5 Å². The summed E-state index contributed by atoms with van der Waals surface area (Å²) in [6, 6.07) is 9.22. The van der Waals surface area contributed by atoms with Crippen LogP contribution >= 0.6 is 0 Å². The molecule has 3 heteroatoms. The van der Waals surface area contributed by atoms with Gasteiger partial charge in [0.15, 0.2) is 0 Å². The third-order valence-electron chi connectivity index (χ3n) is 5.36. The average molecular weight is 288 g/mol. The summed E-state index contributed by atoms with van der Waals surface area (Å²) in [6.07, 6.45) is 3.81. The van der Waals surface area contributed by atoms with Gasteiger partial charge in [0.05, 0.1) is 6.61 Å². The summed E-state index contributed by atoms with van der Waals surface area (Å²) < 4.78 is 5.78. The van der Waals surface area contributed by atoms with E-state index < -0.39 is 0 Å². The fourth-order valence-electron chi connectivity index (χ4n) is 3.79. The Bertz CT molecular complexity index is 454. The molecule has 0 radical (unpaired) electrons. The minimum Gasteiger partial charge on any atom is -0.493 e. The number of nitrogens with zero attached hydrogens (tertiary/aromatic N) is 1. The minimum absolute atomic E-state index is 0.647. The summed E-state index contributed by atoms with van der Waals surface area (Å²) in [5.41, 5.74) is 1.41. The molecule has 1 N–H and O–H groups in total. The minimum atomic E-state index is 0.647. The van der Waals surface area contributed by atoms with Gasteiger partial charge in [0.25, 0.3) is 0 Å². The van der Waals surface area contributed by atoms with E-state index in [1.807, 2.05) is 0 Å². The Balaban J connectivity index is 1.57. The molecule has 3 rings (SSSR count). The van der Waals surface area contributed by atoms with E-state index >= 15 is 0 Å². The van der Waals surface area contributed by atoms with Crippen molar-refractivity contribution >= 4 is 0 Å². The summed E-state index contributed by atoms with van der Waals surface area (Å²) >= 11 is 0. The maximum absolute atomic E-state index is 5.78. The van der Waals surface area contributed by atoms with Gasteiger partial charge in [0.2, 0.25) is 0 Å². The molecule has 2 unspecified atom stereocenters. The van der Waals surface area contributed by atoms with E-state index in [-0.39, 0.29) is 0 Å². The van der Waals surface area contributed by atoms with Crippen LogP contribution in [-0.2, 0) is 0 Å². The van der Waals surface area contributed by atoms with Crippen LogP contribution in [0.4, 0.5) is 0 Å². The molecule has 2 heterocycles. The Morgan fingerprint density at radius 2 is 2.00 bits per heavy atom. The second-order valence-electron chi connectivity index (χ2n) is 6.59. The van der Waals surface area contributed by atoms with Crippen molar-refractivity contribution in [3.63, 3.8) is 0 Å². The largest absolute Gasteiger partial charge is 0.493 e. The predicted octanol–water partition coefficient (Wildman–Crippen LogP) is 2.87. The van der Waals surface area contributed by atoms with E-state index in [0.717, 1.165) is 24.7 Å². The molecular weight excluding hydrogens is 260 g/mol. The second-order valence-corrected chi connectivity index (χ2v) is 6.59. The fraction of sp³-hybridized carbons (Fsp3) is 0.667. The van der Waals surface area contributed by atoms with Crippen LogP contribution < -0.4 is 10.1 Å². The lowest BCUT2D eigenvalue weighted by molar-refractivity contribution is 0.146. The maximum atomic E-state index is 5.78. The van der Waals surface area contributed by atoms with Gasteiger partial charge in [-0.3, -0.25) is 0 Å². The van der Waals surface area contributed by atoms with Crippen molar-refractivity contribution in [1.82, 2.24) is 10.2 Å². The Labute approximate surface area is 128 Å². The van der Waals surface area contributed by atoms with Crippen molar-refractivity contribution in [3.8, 4) is 5.75 Å². The van der Waals surface area contributed by atoms with E-state index in [1.54, 1.807) is 0 Å². The fourth-order valence-corrected chi connectivity index (χ4v) is 3.79.